The summed E-state index contributed by atoms with van der Waals surface area (Å²) >= 11 is 7.96. The molecule has 10 heteroatoms. The van der Waals surface area contributed by atoms with Gasteiger partial charge in [-0.1, -0.05) is 67.5 Å². The van der Waals surface area contributed by atoms with Crippen molar-refractivity contribution in [3.8, 4) is 18.2 Å². The molecule has 2 aliphatic rings. The van der Waals surface area contributed by atoms with E-state index in [0.717, 1.165) is 31.4 Å². The highest BCUT2D eigenvalue weighted by molar-refractivity contribution is 9.10. The molecule has 36 heavy (non-hydrogen) atoms. The Morgan fingerprint density at radius 3 is 1.86 bits per heavy atom. The number of benzene rings is 2. The summed E-state index contributed by atoms with van der Waals surface area (Å²) in [6.07, 6.45) is 0.545. The Morgan fingerprint density at radius 2 is 1.42 bits per heavy atom. The van der Waals surface area contributed by atoms with Crippen molar-refractivity contribution < 1.29 is 0 Å². The fraction of sp³-hybridized carbons (Fsp3) is 0.231. The quantitative estimate of drug-likeness (QED) is 0.334. The average Bonchev–Trinajstić information content (AvgIpc) is 3.25. The molecule has 2 unspecified atom stereocenters. The SMILES string of the molecule is N#CC1=C(N)Nc2[nH]c(=O)sc2C12CC(c1ccc(Br)cc1)C(C#N)(C#N)C(c1ccc(Br)cc1)C2. The van der Waals surface area contributed by atoms with Gasteiger partial charge in [0.25, 0.3) is 0 Å². The van der Waals surface area contributed by atoms with Crippen molar-refractivity contribution in [1.29, 1.82) is 15.8 Å². The van der Waals surface area contributed by atoms with Crippen LogP contribution in [0.15, 0.2) is 73.7 Å². The Hall–Kier alpha value is -3.36. The van der Waals surface area contributed by atoms with Crippen molar-refractivity contribution in [2.45, 2.75) is 30.1 Å². The fourth-order valence-corrected chi connectivity index (χ4v) is 7.25. The Bertz CT molecular complexity index is 1500. The lowest BCUT2D eigenvalue weighted by atomic mass is 9.49. The van der Waals surface area contributed by atoms with Crippen molar-refractivity contribution >= 4 is 49.0 Å². The lowest BCUT2D eigenvalue weighted by Crippen LogP contribution is -2.49. The molecule has 178 valence electrons. The maximum Gasteiger partial charge on any atom is 0.306 e. The van der Waals surface area contributed by atoms with E-state index in [1.165, 1.54) is 0 Å². The average molecular weight is 622 g/mol. The maximum absolute atomic E-state index is 12.5. The van der Waals surface area contributed by atoms with Crippen LogP contribution in [0, 0.1) is 39.4 Å². The zero-order valence-corrected chi connectivity index (χ0v) is 22.7. The minimum absolute atomic E-state index is 0.171. The van der Waals surface area contributed by atoms with Crippen LogP contribution in [0.25, 0.3) is 0 Å². The van der Waals surface area contributed by atoms with Gasteiger partial charge in [0.15, 0.2) is 5.41 Å². The summed E-state index contributed by atoms with van der Waals surface area (Å²) in [5.74, 6) is -0.499. The van der Waals surface area contributed by atoms with Crippen LogP contribution in [0.3, 0.4) is 0 Å². The third-order valence-electron chi connectivity index (χ3n) is 7.32. The van der Waals surface area contributed by atoms with E-state index in [4.69, 9.17) is 5.73 Å². The predicted octanol–water partition coefficient (Wildman–Crippen LogP) is 5.71. The molecule has 2 aromatic carbocycles. The van der Waals surface area contributed by atoms with Crippen LogP contribution in [0.2, 0.25) is 0 Å². The summed E-state index contributed by atoms with van der Waals surface area (Å²) in [7, 11) is 0. The molecule has 1 fully saturated rings. The summed E-state index contributed by atoms with van der Waals surface area (Å²) in [5.41, 5.74) is 5.89. The molecule has 3 aromatic rings. The van der Waals surface area contributed by atoms with Crippen molar-refractivity contribution in [3.05, 3.63) is 94.5 Å². The molecule has 7 nitrogen and oxygen atoms in total. The number of halogens is 2. The van der Waals surface area contributed by atoms with Gasteiger partial charge in [0.1, 0.15) is 11.6 Å². The lowest BCUT2D eigenvalue weighted by Gasteiger charge is -2.51. The van der Waals surface area contributed by atoms with E-state index in [1.807, 2.05) is 48.5 Å². The topological polar surface area (TPSA) is 142 Å². The van der Waals surface area contributed by atoms with Gasteiger partial charge in [-0.15, -0.1) is 0 Å². The number of aromatic amines is 1. The first kappa shape index (κ1) is 24.3. The molecule has 0 radical (unpaired) electrons. The van der Waals surface area contributed by atoms with E-state index in [1.54, 1.807) is 0 Å². The first-order valence-corrected chi connectivity index (χ1v) is 13.4. The Kier molecular flexibility index (Phi) is 6.04. The number of fused-ring (bicyclic) bond motifs is 2. The molecule has 1 aliphatic heterocycles. The minimum atomic E-state index is -1.42. The Morgan fingerprint density at radius 1 is 0.917 bits per heavy atom. The normalized spacial score (nSPS) is 24.2. The van der Waals surface area contributed by atoms with Gasteiger partial charge in [0, 0.05) is 26.2 Å². The molecule has 2 heterocycles. The number of nitrogens with one attached hydrogen (secondary N) is 2. The van der Waals surface area contributed by atoms with Gasteiger partial charge in [-0.3, -0.25) is 9.78 Å². The van der Waals surface area contributed by atoms with Gasteiger partial charge in [-0.2, -0.15) is 15.8 Å². The third-order valence-corrected chi connectivity index (χ3v) is 9.47. The third kappa shape index (κ3) is 3.59. The van der Waals surface area contributed by atoms with E-state index in [2.05, 4.69) is 60.4 Å². The van der Waals surface area contributed by atoms with E-state index < -0.39 is 22.7 Å². The molecule has 0 amide bonds. The molecule has 0 bridgehead atoms. The molecule has 1 spiro atoms. The smallest absolute Gasteiger partial charge is 0.306 e. The first-order valence-electron chi connectivity index (χ1n) is 11.0. The molecule has 0 saturated heterocycles. The van der Waals surface area contributed by atoms with Crippen LogP contribution >= 0.6 is 43.2 Å². The number of nitriles is 3. The van der Waals surface area contributed by atoms with Crippen molar-refractivity contribution in [3.63, 3.8) is 0 Å². The predicted molar refractivity (Wildman–Crippen MR) is 144 cm³/mol. The molecule has 4 N–H and O–H groups in total. The van der Waals surface area contributed by atoms with E-state index in [9.17, 15) is 20.6 Å². The molecular weight excluding hydrogens is 604 g/mol. The first-order chi connectivity index (χ1) is 17.3. The van der Waals surface area contributed by atoms with E-state index in [0.29, 0.717) is 16.3 Å². The number of nitrogens with two attached hydrogens (primary N) is 1. The van der Waals surface area contributed by atoms with Gasteiger partial charge in [-0.25, -0.2) is 0 Å². The fourth-order valence-electron chi connectivity index (χ4n) is 5.71. The van der Waals surface area contributed by atoms with Crippen LogP contribution in [0.1, 0.15) is 40.7 Å². The number of rotatable bonds is 2. The van der Waals surface area contributed by atoms with Crippen LogP contribution in [0.4, 0.5) is 5.82 Å². The number of aromatic nitrogens is 1. The van der Waals surface area contributed by atoms with Gasteiger partial charge >= 0.3 is 4.87 Å². The number of hydrogen-bond acceptors (Lipinski definition) is 7. The standard InChI is InChI=1S/C26H18Br2N6OS/c27-16-5-1-14(2-6-16)18-9-25(20(11-29)22(32)33-23-21(25)36-24(35)34-23)10-19(26(18,12-30)13-31)15-3-7-17(28)8-4-15/h1-8,18-19,33H,9-10,32H2,(H,34,35). The molecule has 1 saturated carbocycles. The summed E-state index contributed by atoms with van der Waals surface area (Å²) in [6.45, 7) is 0. The highest BCUT2D eigenvalue weighted by Crippen LogP contribution is 2.64. The molecule has 2 atom stereocenters. The number of anilines is 1. The molecule has 1 aromatic heterocycles. The highest BCUT2D eigenvalue weighted by Gasteiger charge is 2.61. The highest BCUT2D eigenvalue weighted by atomic mass is 79.9. The second kappa shape index (κ2) is 8.94. The summed E-state index contributed by atoms with van der Waals surface area (Å²) in [6, 6.07) is 22.2. The number of hydrogen-bond donors (Lipinski definition) is 3. The largest absolute Gasteiger partial charge is 0.384 e. The van der Waals surface area contributed by atoms with Gasteiger partial charge in [0.05, 0.1) is 28.7 Å². The summed E-state index contributed by atoms with van der Waals surface area (Å²) < 4.78 is 1.74. The van der Waals surface area contributed by atoms with Crippen LogP contribution in [0.5, 0.6) is 0 Å². The van der Waals surface area contributed by atoms with Crippen LogP contribution in [-0.4, -0.2) is 4.98 Å². The number of thiazole rings is 1. The zero-order valence-electron chi connectivity index (χ0n) is 18.7. The summed E-state index contributed by atoms with van der Waals surface area (Å²) in [5, 5.41) is 34.5. The Labute approximate surface area is 228 Å². The van der Waals surface area contributed by atoms with E-state index >= 15 is 0 Å². The zero-order chi connectivity index (χ0) is 25.7. The molecule has 1 aliphatic carbocycles. The van der Waals surface area contributed by atoms with Crippen molar-refractivity contribution in [2.75, 3.05) is 5.32 Å². The maximum atomic E-state index is 12.5. The Balaban J connectivity index is 1.84. The van der Waals surface area contributed by atoms with Gasteiger partial charge in [0.2, 0.25) is 0 Å². The van der Waals surface area contributed by atoms with Gasteiger partial charge in [-0.05, 0) is 48.2 Å². The van der Waals surface area contributed by atoms with Gasteiger partial charge < -0.3 is 11.1 Å². The van der Waals surface area contributed by atoms with Crippen LogP contribution in [-0.2, 0) is 5.41 Å². The van der Waals surface area contributed by atoms with E-state index in [-0.39, 0.29) is 23.5 Å². The van der Waals surface area contributed by atoms with Crippen molar-refractivity contribution in [1.82, 2.24) is 4.98 Å². The monoisotopic (exact) mass is 620 g/mol. The second-order valence-corrected chi connectivity index (χ2v) is 11.8. The number of allylic oxidation sites excluding steroid dienone is 1. The number of nitrogens with zero attached hydrogens (tertiary/aromatic N) is 3. The number of H-pyrrole nitrogens is 1. The molecule has 5 rings (SSSR count). The lowest BCUT2D eigenvalue weighted by molar-refractivity contribution is 0.180. The molecular formula is C26H18Br2N6OS. The minimum Gasteiger partial charge on any atom is -0.384 e. The second-order valence-electron chi connectivity index (χ2n) is 9.04. The van der Waals surface area contributed by atoms with Crippen molar-refractivity contribution in [2.24, 2.45) is 11.1 Å². The summed E-state index contributed by atoms with van der Waals surface area (Å²) in [4.78, 5) is 15.7. The van der Waals surface area contributed by atoms with Crippen LogP contribution < -0.4 is 15.9 Å².